The number of hydrogen-bond acceptors (Lipinski definition) is 3. The van der Waals surface area contributed by atoms with E-state index in [0.717, 1.165) is 12.0 Å². The predicted molar refractivity (Wildman–Crippen MR) is 78.7 cm³/mol. The van der Waals surface area contributed by atoms with E-state index in [2.05, 4.69) is 0 Å². The van der Waals surface area contributed by atoms with Crippen molar-refractivity contribution in [2.24, 2.45) is 5.92 Å². The molecule has 3 rings (SSSR count). The second-order valence-electron chi connectivity index (χ2n) is 6.86. The molecule has 1 aliphatic heterocycles. The Bertz CT molecular complexity index is 508. The number of rotatable bonds is 3. The van der Waals surface area contributed by atoms with E-state index in [1.807, 2.05) is 58.0 Å². The van der Waals surface area contributed by atoms with Crippen LogP contribution in [-0.4, -0.2) is 24.1 Å². The van der Waals surface area contributed by atoms with Crippen molar-refractivity contribution in [1.82, 2.24) is 0 Å². The zero-order valence-corrected chi connectivity index (χ0v) is 12.6. The molecule has 0 radical (unpaired) electrons. The molecule has 0 unspecified atom stereocenters. The van der Waals surface area contributed by atoms with E-state index in [1.165, 1.54) is 0 Å². The van der Waals surface area contributed by atoms with Crippen LogP contribution in [0.25, 0.3) is 0 Å². The molecule has 1 aromatic carbocycles. The van der Waals surface area contributed by atoms with Gasteiger partial charge in [-0.3, -0.25) is 4.79 Å². The standard InChI is InChI=1S/C16H21BO3/c1-15(2)16(3,4)20-17(19-15)13-10-12(13)14(18)11-8-6-5-7-9-11/h5-9,12-13H,10H2,1-4H3/t12-,13-/m1/s1. The molecule has 2 fully saturated rings. The summed E-state index contributed by atoms with van der Waals surface area (Å²) in [4.78, 5) is 12.4. The van der Waals surface area contributed by atoms with Crippen LogP contribution in [0.4, 0.5) is 0 Å². The number of carbonyl (C=O) groups excluding carboxylic acids is 1. The highest BCUT2D eigenvalue weighted by molar-refractivity contribution is 6.49. The van der Waals surface area contributed by atoms with Crippen molar-refractivity contribution < 1.29 is 14.1 Å². The summed E-state index contributed by atoms with van der Waals surface area (Å²) in [6.07, 6.45) is 0.866. The van der Waals surface area contributed by atoms with Crippen LogP contribution in [0.2, 0.25) is 5.82 Å². The smallest absolute Gasteiger partial charge is 0.403 e. The maximum Gasteiger partial charge on any atom is 0.461 e. The number of benzene rings is 1. The summed E-state index contributed by atoms with van der Waals surface area (Å²) in [7, 11) is -0.252. The second-order valence-corrected chi connectivity index (χ2v) is 6.86. The van der Waals surface area contributed by atoms with Gasteiger partial charge in [0.15, 0.2) is 5.78 Å². The van der Waals surface area contributed by atoms with Crippen LogP contribution in [-0.2, 0) is 9.31 Å². The van der Waals surface area contributed by atoms with E-state index in [9.17, 15) is 4.79 Å². The third-order valence-corrected chi connectivity index (χ3v) is 4.86. The van der Waals surface area contributed by atoms with Crippen molar-refractivity contribution in [1.29, 1.82) is 0 Å². The Balaban J connectivity index is 1.68. The molecule has 3 nitrogen and oxygen atoms in total. The lowest BCUT2D eigenvalue weighted by Gasteiger charge is -2.32. The van der Waals surface area contributed by atoms with E-state index in [0.29, 0.717) is 0 Å². The normalized spacial score (nSPS) is 30.3. The molecule has 2 atom stereocenters. The van der Waals surface area contributed by atoms with Gasteiger partial charge in [0.1, 0.15) is 0 Å². The number of Topliss-reactive ketones (excluding diaryl/α,β-unsaturated/α-hetero) is 1. The van der Waals surface area contributed by atoms with Gasteiger partial charge in [0.05, 0.1) is 11.2 Å². The third-order valence-electron chi connectivity index (χ3n) is 4.86. The minimum Gasteiger partial charge on any atom is -0.403 e. The second kappa shape index (κ2) is 4.44. The average molecular weight is 272 g/mol. The van der Waals surface area contributed by atoms with Gasteiger partial charge in [0.25, 0.3) is 0 Å². The van der Waals surface area contributed by atoms with E-state index in [-0.39, 0.29) is 35.8 Å². The Morgan fingerprint density at radius 3 is 2.20 bits per heavy atom. The lowest BCUT2D eigenvalue weighted by molar-refractivity contribution is 0.00578. The highest BCUT2D eigenvalue weighted by Crippen LogP contribution is 2.54. The summed E-state index contributed by atoms with van der Waals surface area (Å²) >= 11 is 0. The number of carbonyl (C=O) groups is 1. The summed E-state index contributed by atoms with van der Waals surface area (Å²) in [6.45, 7) is 8.18. The molecule has 0 spiro atoms. The maximum absolute atomic E-state index is 12.4. The zero-order valence-electron chi connectivity index (χ0n) is 12.6. The minimum atomic E-state index is -0.319. The van der Waals surface area contributed by atoms with Gasteiger partial charge in [-0.05, 0) is 34.1 Å². The molecule has 106 valence electrons. The Morgan fingerprint density at radius 2 is 1.65 bits per heavy atom. The lowest BCUT2D eigenvalue weighted by atomic mass is 9.79. The van der Waals surface area contributed by atoms with Gasteiger partial charge in [-0.2, -0.15) is 0 Å². The monoisotopic (exact) mass is 272 g/mol. The fourth-order valence-electron chi connectivity index (χ4n) is 2.70. The summed E-state index contributed by atoms with van der Waals surface area (Å²) in [5.41, 5.74) is 0.151. The van der Waals surface area contributed by atoms with Crippen LogP contribution in [0, 0.1) is 5.92 Å². The maximum atomic E-state index is 12.4. The molecule has 0 N–H and O–H groups in total. The van der Waals surface area contributed by atoms with Crippen molar-refractivity contribution in [3.8, 4) is 0 Å². The van der Waals surface area contributed by atoms with Crippen molar-refractivity contribution in [3.05, 3.63) is 35.9 Å². The van der Waals surface area contributed by atoms with Crippen molar-refractivity contribution in [2.75, 3.05) is 0 Å². The Morgan fingerprint density at radius 1 is 1.10 bits per heavy atom. The van der Waals surface area contributed by atoms with Crippen LogP contribution in [0.5, 0.6) is 0 Å². The first kappa shape index (κ1) is 13.8. The Hall–Kier alpha value is -1.13. The molecule has 20 heavy (non-hydrogen) atoms. The largest absolute Gasteiger partial charge is 0.461 e. The SMILES string of the molecule is CC1(C)OB([C@@H]2C[C@H]2C(=O)c2ccccc2)OC1(C)C. The van der Waals surface area contributed by atoms with Crippen LogP contribution in [0.3, 0.4) is 0 Å². The summed E-state index contributed by atoms with van der Waals surface area (Å²) in [5.74, 6) is 0.459. The molecule has 1 saturated carbocycles. The molecule has 2 aliphatic rings. The molecule has 1 aliphatic carbocycles. The Labute approximate surface area is 120 Å². The van der Waals surface area contributed by atoms with Gasteiger partial charge in [0, 0.05) is 17.3 Å². The van der Waals surface area contributed by atoms with E-state index >= 15 is 0 Å². The molecule has 4 heteroatoms. The first-order valence-electron chi connectivity index (χ1n) is 7.27. The fourth-order valence-corrected chi connectivity index (χ4v) is 2.70. The lowest BCUT2D eigenvalue weighted by Crippen LogP contribution is -2.41. The zero-order chi connectivity index (χ0) is 14.5. The Kier molecular flexibility index (Phi) is 3.07. The van der Waals surface area contributed by atoms with Gasteiger partial charge >= 0.3 is 7.12 Å². The highest BCUT2D eigenvalue weighted by atomic mass is 16.7. The van der Waals surface area contributed by atoms with Crippen LogP contribution in [0.1, 0.15) is 44.5 Å². The topological polar surface area (TPSA) is 35.5 Å². The van der Waals surface area contributed by atoms with E-state index < -0.39 is 0 Å². The highest BCUT2D eigenvalue weighted by Gasteiger charge is 2.61. The van der Waals surface area contributed by atoms with Gasteiger partial charge in [0.2, 0.25) is 0 Å². The molecule has 0 bridgehead atoms. The number of ketones is 1. The van der Waals surface area contributed by atoms with Crippen molar-refractivity contribution in [3.63, 3.8) is 0 Å². The molecule has 1 aromatic rings. The third kappa shape index (κ3) is 2.21. The molecule has 0 aromatic heterocycles. The van der Waals surface area contributed by atoms with Gasteiger partial charge < -0.3 is 9.31 Å². The van der Waals surface area contributed by atoms with Crippen LogP contribution < -0.4 is 0 Å². The predicted octanol–water partition coefficient (Wildman–Crippen LogP) is 3.35. The molecule has 1 heterocycles. The first-order chi connectivity index (χ1) is 9.32. The van der Waals surface area contributed by atoms with Gasteiger partial charge in [-0.1, -0.05) is 30.3 Å². The van der Waals surface area contributed by atoms with Crippen molar-refractivity contribution >= 4 is 12.9 Å². The van der Waals surface area contributed by atoms with Crippen LogP contribution >= 0.6 is 0 Å². The minimum absolute atomic E-state index is 0.0482. The summed E-state index contributed by atoms with van der Waals surface area (Å²) in [5, 5.41) is 0. The molecule has 0 amide bonds. The van der Waals surface area contributed by atoms with E-state index in [4.69, 9.17) is 9.31 Å². The molecule has 1 saturated heterocycles. The average Bonchev–Trinajstić information content (AvgIpc) is 3.13. The summed E-state index contributed by atoms with van der Waals surface area (Å²) < 4.78 is 12.1. The molecular formula is C16H21BO3. The van der Waals surface area contributed by atoms with Crippen LogP contribution in [0.15, 0.2) is 30.3 Å². The number of hydrogen-bond donors (Lipinski definition) is 0. The van der Waals surface area contributed by atoms with Gasteiger partial charge in [-0.15, -0.1) is 0 Å². The van der Waals surface area contributed by atoms with Gasteiger partial charge in [-0.25, -0.2) is 0 Å². The summed E-state index contributed by atoms with van der Waals surface area (Å²) in [6, 6.07) is 9.48. The first-order valence-corrected chi connectivity index (χ1v) is 7.27. The fraction of sp³-hybridized carbons (Fsp3) is 0.562. The van der Waals surface area contributed by atoms with E-state index in [1.54, 1.807) is 0 Å². The molecular weight excluding hydrogens is 251 g/mol. The van der Waals surface area contributed by atoms with Crippen molar-refractivity contribution in [2.45, 2.75) is 51.1 Å². The quantitative estimate of drug-likeness (QED) is 0.625.